The summed E-state index contributed by atoms with van der Waals surface area (Å²) in [5.41, 5.74) is 8.04. The van der Waals surface area contributed by atoms with Crippen molar-refractivity contribution < 1.29 is 4.79 Å². The summed E-state index contributed by atoms with van der Waals surface area (Å²) in [5.74, 6) is 0. The van der Waals surface area contributed by atoms with Gasteiger partial charge in [0, 0.05) is 5.69 Å². The van der Waals surface area contributed by atoms with Crippen molar-refractivity contribution in [3.63, 3.8) is 0 Å². The molecule has 104 valence electrons. The second-order valence-electron chi connectivity index (χ2n) is 5.39. The molecule has 2 aromatic carbocycles. The molecule has 0 atom stereocenters. The predicted octanol–water partition coefficient (Wildman–Crippen LogP) is 3.82. The predicted molar refractivity (Wildman–Crippen MR) is 82.7 cm³/mol. The van der Waals surface area contributed by atoms with Crippen LogP contribution in [0.2, 0.25) is 0 Å². The van der Waals surface area contributed by atoms with Gasteiger partial charge in [0.25, 0.3) is 0 Å². The van der Waals surface area contributed by atoms with E-state index in [1.807, 2.05) is 75.4 Å². The second kappa shape index (κ2) is 5.37. The van der Waals surface area contributed by atoms with E-state index >= 15 is 0 Å². The molecule has 0 unspecified atom stereocenters. The molecule has 0 heterocycles. The number of para-hydroxylation sites is 1. The normalized spacial score (nSPS) is 11.2. The maximum absolute atomic E-state index is 12.0. The van der Waals surface area contributed by atoms with Gasteiger partial charge in [0.2, 0.25) is 0 Å². The minimum Gasteiger partial charge on any atom is -0.351 e. The number of rotatable bonds is 3. The lowest BCUT2D eigenvalue weighted by atomic mass is 9.91. The van der Waals surface area contributed by atoms with E-state index in [1.165, 1.54) is 0 Å². The lowest BCUT2D eigenvalue weighted by Crippen LogP contribution is -2.49. The molecule has 0 aliphatic rings. The number of carbonyl (C=O) groups is 1. The van der Waals surface area contributed by atoms with Crippen LogP contribution < -0.4 is 10.6 Å². The summed E-state index contributed by atoms with van der Waals surface area (Å²) >= 11 is 0. The first kappa shape index (κ1) is 14.1. The molecule has 0 aliphatic carbocycles. The number of hydrogen-bond acceptors (Lipinski definition) is 1. The summed E-state index contributed by atoms with van der Waals surface area (Å²) < 4.78 is 0. The standard InChI is InChI=1S/C17H20N2O/c1-13-9-7-8-12-15(13)19(16(18)20)17(2,3)14-10-5-4-6-11-14/h4-12H,1-3H3,(H2,18,20). The Bertz CT molecular complexity index is 605. The number of benzene rings is 2. The number of amides is 2. The van der Waals surface area contributed by atoms with Crippen molar-refractivity contribution in [2.24, 2.45) is 5.73 Å². The highest BCUT2D eigenvalue weighted by atomic mass is 16.2. The second-order valence-corrected chi connectivity index (χ2v) is 5.39. The highest BCUT2D eigenvalue weighted by Gasteiger charge is 2.33. The Balaban J connectivity index is 2.55. The summed E-state index contributed by atoms with van der Waals surface area (Å²) in [4.78, 5) is 13.7. The Labute approximate surface area is 120 Å². The van der Waals surface area contributed by atoms with Gasteiger partial charge < -0.3 is 5.73 Å². The molecule has 20 heavy (non-hydrogen) atoms. The molecule has 0 spiro atoms. The summed E-state index contributed by atoms with van der Waals surface area (Å²) in [6, 6.07) is 17.2. The topological polar surface area (TPSA) is 46.3 Å². The van der Waals surface area contributed by atoms with Gasteiger partial charge in [-0.15, -0.1) is 0 Å². The highest BCUT2D eigenvalue weighted by Crippen LogP contribution is 2.34. The molecule has 2 rings (SSSR count). The Kier molecular flexibility index (Phi) is 3.79. The van der Waals surface area contributed by atoms with E-state index in [2.05, 4.69) is 0 Å². The molecule has 2 aromatic rings. The lowest BCUT2D eigenvalue weighted by molar-refractivity contribution is 0.248. The van der Waals surface area contributed by atoms with Crippen LogP contribution in [0.15, 0.2) is 54.6 Å². The third kappa shape index (κ3) is 2.52. The fraction of sp³-hybridized carbons (Fsp3) is 0.235. The zero-order valence-corrected chi connectivity index (χ0v) is 12.1. The Morgan fingerprint density at radius 2 is 1.55 bits per heavy atom. The van der Waals surface area contributed by atoms with E-state index in [9.17, 15) is 4.79 Å². The molecule has 3 heteroatoms. The van der Waals surface area contributed by atoms with E-state index < -0.39 is 11.6 Å². The maximum atomic E-state index is 12.0. The third-order valence-electron chi connectivity index (χ3n) is 3.62. The van der Waals surface area contributed by atoms with E-state index in [0.717, 1.165) is 16.8 Å². The quantitative estimate of drug-likeness (QED) is 0.903. The van der Waals surface area contributed by atoms with Gasteiger partial charge in [-0.3, -0.25) is 4.90 Å². The number of aryl methyl sites for hydroxylation is 1. The number of hydrogen-bond donors (Lipinski definition) is 1. The van der Waals surface area contributed by atoms with E-state index in [4.69, 9.17) is 5.73 Å². The third-order valence-corrected chi connectivity index (χ3v) is 3.62. The molecule has 0 saturated carbocycles. The van der Waals surface area contributed by atoms with Crippen molar-refractivity contribution >= 4 is 11.7 Å². The first-order valence-corrected chi connectivity index (χ1v) is 6.65. The minimum atomic E-state index is -0.515. The van der Waals surface area contributed by atoms with Crippen molar-refractivity contribution in [1.29, 1.82) is 0 Å². The van der Waals surface area contributed by atoms with Gasteiger partial charge in [-0.2, -0.15) is 0 Å². The van der Waals surface area contributed by atoms with Gasteiger partial charge in [-0.1, -0.05) is 48.5 Å². The van der Waals surface area contributed by atoms with Gasteiger partial charge in [0.1, 0.15) is 0 Å². The number of carbonyl (C=O) groups excluding carboxylic acids is 1. The van der Waals surface area contributed by atoms with Gasteiger partial charge in [-0.05, 0) is 38.0 Å². The maximum Gasteiger partial charge on any atom is 0.320 e. The molecule has 0 fully saturated rings. The summed E-state index contributed by atoms with van der Waals surface area (Å²) in [6.07, 6.45) is 0. The largest absolute Gasteiger partial charge is 0.351 e. The number of urea groups is 1. The van der Waals surface area contributed by atoms with Crippen LogP contribution in [-0.2, 0) is 5.54 Å². The van der Waals surface area contributed by atoms with Crippen molar-refractivity contribution in [2.45, 2.75) is 26.3 Å². The molecule has 0 saturated heterocycles. The minimum absolute atomic E-state index is 0.451. The molecule has 0 aromatic heterocycles. The molecule has 2 N–H and O–H groups in total. The van der Waals surface area contributed by atoms with E-state index in [-0.39, 0.29) is 0 Å². The Morgan fingerprint density at radius 1 is 1.00 bits per heavy atom. The van der Waals surface area contributed by atoms with Crippen LogP contribution in [0.3, 0.4) is 0 Å². The summed E-state index contributed by atoms with van der Waals surface area (Å²) in [6.45, 7) is 5.98. The van der Waals surface area contributed by atoms with Crippen LogP contribution in [0, 0.1) is 6.92 Å². The number of nitrogens with two attached hydrogens (primary N) is 1. The monoisotopic (exact) mass is 268 g/mol. The smallest absolute Gasteiger partial charge is 0.320 e. The number of primary amides is 1. The van der Waals surface area contributed by atoms with Crippen molar-refractivity contribution in [2.75, 3.05) is 4.90 Å². The van der Waals surface area contributed by atoms with Gasteiger partial charge in [-0.25, -0.2) is 4.79 Å². The molecular weight excluding hydrogens is 248 g/mol. The molecule has 0 aliphatic heterocycles. The van der Waals surface area contributed by atoms with Crippen molar-refractivity contribution in [1.82, 2.24) is 0 Å². The molecule has 0 bridgehead atoms. The van der Waals surface area contributed by atoms with Crippen molar-refractivity contribution in [3.05, 3.63) is 65.7 Å². The first-order chi connectivity index (χ1) is 9.44. The first-order valence-electron chi connectivity index (χ1n) is 6.65. The SMILES string of the molecule is Cc1ccccc1N(C(N)=O)C(C)(C)c1ccccc1. The van der Waals surface area contributed by atoms with Gasteiger partial charge in [0.15, 0.2) is 0 Å². The zero-order chi connectivity index (χ0) is 14.8. The molecule has 3 nitrogen and oxygen atoms in total. The fourth-order valence-electron chi connectivity index (χ4n) is 2.48. The zero-order valence-electron chi connectivity index (χ0n) is 12.1. The summed E-state index contributed by atoms with van der Waals surface area (Å²) in [5, 5.41) is 0. The lowest BCUT2D eigenvalue weighted by Gasteiger charge is -2.38. The Hall–Kier alpha value is -2.29. The number of anilines is 1. The van der Waals surface area contributed by atoms with Crippen LogP contribution >= 0.6 is 0 Å². The highest BCUT2D eigenvalue weighted by molar-refractivity contribution is 5.93. The fourth-order valence-corrected chi connectivity index (χ4v) is 2.48. The van der Waals surface area contributed by atoms with Gasteiger partial charge >= 0.3 is 6.03 Å². The molecule has 0 radical (unpaired) electrons. The number of nitrogens with zero attached hydrogens (tertiary/aromatic N) is 1. The van der Waals surface area contributed by atoms with Crippen LogP contribution in [0.25, 0.3) is 0 Å². The average molecular weight is 268 g/mol. The van der Waals surface area contributed by atoms with Crippen LogP contribution in [0.1, 0.15) is 25.0 Å². The van der Waals surface area contributed by atoms with E-state index in [1.54, 1.807) is 4.90 Å². The van der Waals surface area contributed by atoms with E-state index in [0.29, 0.717) is 0 Å². The van der Waals surface area contributed by atoms with Gasteiger partial charge in [0.05, 0.1) is 5.54 Å². The van der Waals surface area contributed by atoms with Crippen molar-refractivity contribution in [3.8, 4) is 0 Å². The van der Waals surface area contributed by atoms with Crippen LogP contribution in [-0.4, -0.2) is 6.03 Å². The average Bonchev–Trinajstić information content (AvgIpc) is 2.42. The van der Waals surface area contributed by atoms with Crippen LogP contribution in [0.4, 0.5) is 10.5 Å². The summed E-state index contributed by atoms with van der Waals surface area (Å²) in [7, 11) is 0. The molecule has 2 amide bonds. The van der Waals surface area contributed by atoms with Crippen LogP contribution in [0.5, 0.6) is 0 Å². The Morgan fingerprint density at radius 3 is 2.10 bits per heavy atom. The molecular formula is C17H20N2O.